The summed E-state index contributed by atoms with van der Waals surface area (Å²) in [5.41, 5.74) is 2.10. The fourth-order valence-corrected chi connectivity index (χ4v) is 3.55. The fraction of sp³-hybridized carbons (Fsp3) is 0.611. The number of amides is 1. The number of hydrogen-bond donors (Lipinski definition) is 1. The Morgan fingerprint density at radius 2 is 2.04 bits per heavy atom. The molecule has 0 bridgehead atoms. The van der Waals surface area contributed by atoms with Gasteiger partial charge in [0.25, 0.3) is 0 Å². The van der Waals surface area contributed by atoms with E-state index in [9.17, 15) is 9.59 Å². The number of carboxylic acid groups (broad SMARTS) is 1. The van der Waals surface area contributed by atoms with Crippen LogP contribution in [0.25, 0.3) is 0 Å². The molecule has 136 valence electrons. The zero-order valence-corrected chi connectivity index (χ0v) is 14.4. The van der Waals surface area contributed by atoms with Gasteiger partial charge in [0.05, 0.1) is 31.4 Å². The summed E-state index contributed by atoms with van der Waals surface area (Å²) < 4.78 is 5.37. The van der Waals surface area contributed by atoms with Crippen molar-refractivity contribution < 1.29 is 19.4 Å². The maximum Gasteiger partial charge on any atom is 0.303 e. The van der Waals surface area contributed by atoms with Crippen LogP contribution in [0.2, 0.25) is 0 Å². The molecule has 2 aliphatic heterocycles. The molecule has 3 heterocycles. The molecule has 1 N–H and O–H groups in total. The van der Waals surface area contributed by atoms with Crippen LogP contribution in [0.4, 0.5) is 0 Å². The third-order valence-electron chi connectivity index (χ3n) is 4.84. The highest BCUT2D eigenvalue weighted by Crippen LogP contribution is 2.32. The lowest BCUT2D eigenvalue weighted by Gasteiger charge is -2.27. The highest BCUT2D eigenvalue weighted by molar-refractivity contribution is 5.81. The largest absolute Gasteiger partial charge is 0.481 e. The molecule has 1 unspecified atom stereocenters. The average Bonchev–Trinajstić information content (AvgIpc) is 3.10. The summed E-state index contributed by atoms with van der Waals surface area (Å²) in [4.78, 5) is 31.7. The Labute approximate surface area is 147 Å². The minimum absolute atomic E-state index is 0.0349. The third kappa shape index (κ3) is 4.76. The van der Waals surface area contributed by atoms with E-state index in [1.54, 1.807) is 0 Å². The second-order valence-electron chi connectivity index (χ2n) is 6.61. The smallest absolute Gasteiger partial charge is 0.303 e. The van der Waals surface area contributed by atoms with Crippen molar-refractivity contribution in [2.45, 2.75) is 38.3 Å². The SMILES string of the molecule is O=C(O)CCC(=O)N1CCCC1c1ccnc(CN2CCOCC2)c1. The second kappa shape index (κ2) is 8.40. The van der Waals surface area contributed by atoms with E-state index in [0.717, 1.165) is 56.9 Å². The number of nitrogens with zero attached hydrogens (tertiary/aromatic N) is 3. The number of ether oxygens (including phenoxy) is 1. The Morgan fingerprint density at radius 1 is 1.24 bits per heavy atom. The van der Waals surface area contributed by atoms with Crippen LogP contribution in [-0.2, 0) is 20.9 Å². The van der Waals surface area contributed by atoms with E-state index in [2.05, 4.69) is 16.0 Å². The lowest BCUT2D eigenvalue weighted by atomic mass is 10.0. The van der Waals surface area contributed by atoms with E-state index in [-0.39, 0.29) is 24.8 Å². The first-order chi connectivity index (χ1) is 12.1. The number of carbonyl (C=O) groups excluding carboxylic acids is 1. The van der Waals surface area contributed by atoms with Crippen LogP contribution in [-0.4, -0.2) is 64.6 Å². The van der Waals surface area contributed by atoms with Crippen LogP contribution in [0, 0.1) is 0 Å². The van der Waals surface area contributed by atoms with Crippen molar-refractivity contribution in [2.75, 3.05) is 32.8 Å². The van der Waals surface area contributed by atoms with E-state index in [1.165, 1.54) is 0 Å². The maximum absolute atomic E-state index is 12.4. The van der Waals surface area contributed by atoms with Gasteiger partial charge in [0.2, 0.25) is 5.91 Å². The zero-order valence-electron chi connectivity index (χ0n) is 14.4. The predicted octanol–water partition coefficient (Wildman–Crippen LogP) is 1.44. The Morgan fingerprint density at radius 3 is 2.80 bits per heavy atom. The van der Waals surface area contributed by atoms with Crippen molar-refractivity contribution in [1.29, 1.82) is 0 Å². The van der Waals surface area contributed by atoms with Crippen LogP contribution >= 0.6 is 0 Å². The Bertz CT molecular complexity index is 616. The molecule has 7 nitrogen and oxygen atoms in total. The molecule has 0 spiro atoms. The predicted molar refractivity (Wildman–Crippen MR) is 90.9 cm³/mol. The summed E-state index contributed by atoms with van der Waals surface area (Å²) in [6, 6.07) is 4.09. The van der Waals surface area contributed by atoms with E-state index in [0.29, 0.717) is 6.54 Å². The summed E-state index contributed by atoms with van der Waals surface area (Å²) in [6.07, 6.45) is 3.63. The summed E-state index contributed by atoms with van der Waals surface area (Å²) >= 11 is 0. The number of aliphatic carboxylic acids is 1. The fourth-order valence-electron chi connectivity index (χ4n) is 3.55. The van der Waals surface area contributed by atoms with Crippen molar-refractivity contribution in [3.63, 3.8) is 0 Å². The van der Waals surface area contributed by atoms with Crippen LogP contribution < -0.4 is 0 Å². The summed E-state index contributed by atoms with van der Waals surface area (Å²) in [6.45, 7) is 4.83. The van der Waals surface area contributed by atoms with Crippen molar-refractivity contribution in [2.24, 2.45) is 0 Å². The lowest BCUT2D eigenvalue weighted by molar-refractivity contribution is -0.141. The number of aromatic nitrogens is 1. The average molecular weight is 347 g/mol. The topological polar surface area (TPSA) is 83.0 Å². The van der Waals surface area contributed by atoms with Crippen molar-refractivity contribution in [1.82, 2.24) is 14.8 Å². The van der Waals surface area contributed by atoms with Gasteiger partial charge in [-0.3, -0.25) is 19.5 Å². The quantitative estimate of drug-likeness (QED) is 0.838. The lowest BCUT2D eigenvalue weighted by Crippen LogP contribution is -2.36. The Balaban J connectivity index is 1.66. The molecular formula is C18H25N3O4. The molecule has 2 aliphatic rings. The van der Waals surface area contributed by atoms with Gasteiger partial charge in [-0.15, -0.1) is 0 Å². The number of morpholine rings is 1. The molecule has 1 amide bonds. The first-order valence-corrected chi connectivity index (χ1v) is 8.89. The van der Waals surface area contributed by atoms with Gasteiger partial charge in [-0.25, -0.2) is 0 Å². The van der Waals surface area contributed by atoms with Gasteiger partial charge in [0, 0.05) is 38.8 Å². The third-order valence-corrected chi connectivity index (χ3v) is 4.84. The molecule has 0 radical (unpaired) electrons. The highest BCUT2D eigenvalue weighted by Gasteiger charge is 2.30. The molecule has 1 aromatic rings. The van der Waals surface area contributed by atoms with Gasteiger partial charge in [-0.1, -0.05) is 0 Å². The number of rotatable bonds is 6. The number of carbonyl (C=O) groups is 2. The van der Waals surface area contributed by atoms with E-state index >= 15 is 0 Å². The van der Waals surface area contributed by atoms with E-state index < -0.39 is 5.97 Å². The molecule has 1 aromatic heterocycles. The Hall–Kier alpha value is -1.99. The molecule has 0 aliphatic carbocycles. The summed E-state index contributed by atoms with van der Waals surface area (Å²) in [5.74, 6) is -1.00. The molecule has 2 saturated heterocycles. The maximum atomic E-state index is 12.4. The summed E-state index contributed by atoms with van der Waals surface area (Å²) in [5, 5.41) is 8.79. The minimum Gasteiger partial charge on any atom is -0.481 e. The zero-order chi connectivity index (χ0) is 17.6. The van der Waals surface area contributed by atoms with Crippen molar-refractivity contribution in [3.05, 3.63) is 29.6 Å². The minimum atomic E-state index is -0.930. The van der Waals surface area contributed by atoms with Gasteiger partial charge < -0.3 is 14.7 Å². The van der Waals surface area contributed by atoms with Gasteiger partial charge in [-0.2, -0.15) is 0 Å². The van der Waals surface area contributed by atoms with Gasteiger partial charge in [0.15, 0.2) is 0 Å². The van der Waals surface area contributed by atoms with Crippen LogP contribution in [0.3, 0.4) is 0 Å². The van der Waals surface area contributed by atoms with Gasteiger partial charge >= 0.3 is 5.97 Å². The molecular weight excluding hydrogens is 322 g/mol. The number of hydrogen-bond acceptors (Lipinski definition) is 5. The van der Waals surface area contributed by atoms with Crippen LogP contribution in [0.5, 0.6) is 0 Å². The number of carboxylic acids is 1. The molecule has 1 atom stereocenters. The van der Waals surface area contributed by atoms with Gasteiger partial charge in [-0.05, 0) is 30.5 Å². The normalized spacial score (nSPS) is 21.4. The monoisotopic (exact) mass is 347 g/mol. The molecule has 2 fully saturated rings. The van der Waals surface area contributed by atoms with Gasteiger partial charge in [0.1, 0.15) is 0 Å². The molecule has 25 heavy (non-hydrogen) atoms. The second-order valence-corrected chi connectivity index (χ2v) is 6.61. The van der Waals surface area contributed by atoms with E-state index in [4.69, 9.17) is 9.84 Å². The standard InChI is InChI=1S/C18H25N3O4/c22-17(3-4-18(23)24)21-7-1-2-16(21)14-5-6-19-15(12-14)13-20-8-10-25-11-9-20/h5-6,12,16H,1-4,7-11,13H2,(H,23,24). The Kier molecular flexibility index (Phi) is 5.99. The van der Waals surface area contributed by atoms with Crippen molar-refractivity contribution >= 4 is 11.9 Å². The molecule has 0 aromatic carbocycles. The summed E-state index contributed by atoms with van der Waals surface area (Å²) in [7, 11) is 0. The van der Waals surface area contributed by atoms with Crippen LogP contribution in [0.15, 0.2) is 18.3 Å². The number of likely N-dealkylation sites (tertiary alicyclic amines) is 1. The number of pyridine rings is 1. The highest BCUT2D eigenvalue weighted by atomic mass is 16.5. The molecule has 7 heteroatoms. The van der Waals surface area contributed by atoms with E-state index in [1.807, 2.05) is 17.2 Å². The first-order valence-electron chi connectivity index (χ1n) is 8.89. The molecule has 0 saturated carbocycles. The first kappa shape index (κ1) is 17.8. The van der Waals surface area contributed by atoms with Crippen molar-refractivity contribution in [3.8, 4) is 0 Å². The van der Waals surface area contributed by atoms with Crippen LogP contribution in [0.1, 0.15) is 43.0 Å². The molecule has 3 rings (SSSR count).